The van der Waals surface area contributed by atoms with Crippen molar-refractivity contribution in [2.45, 2.75) is 66.4 Å². The van der Waals surface area contributed by atoms with Crippen molar-refractivity contribution in [3.05, 3.63) is 67.6 Å². The highest BCUT2D eigenvalue weighted by Gasteiger charge is 2.30. The average molecular weight is 524 g/mol. The number of halogens is 1. The quantitative estimate of drug-likeness (QED) is 0.417. The van der Waals surface area contributed by atoms with E-state index in [2.05, 4.69) is 0 Å². The van der Waals surface area contributed by atoms with Crippen molar-refractivity contribution in [1.29, 1.82) is 0 Å². The summed E-state index contributed by atoms with van der Waals surface area (Å²) in [5, 5.41) is 10.2. The number of aromatic nitrogens is 1. The van der Waals surface area contributed by atoms with Gasteiger partial charge in [-0.25, -0.2) is 0 Å². The smallest absolute Gasteiger partial charge is 0.309 e. The zero-order chi connectivity index (χ0) is 27.2. The molecule has 6 nitrogen and oxygen atoms in total. The molecule has 2 aromatic carbocycles. The molecule has 0 spiro atoms. The molecule has 0 fully saturated rings. The van der Waals surface area contributed by atoms with Crippen LogP contribution in [0.2, 0.25) is 5.02 Å². The minimum absolute atomic E-state index is 0.260. The number of aliphatic carboxylic acids is 1. The maximum absolute atomic E-state index is 13.7. The number of hydrogen-bond donors (Lipinski definition) is 1. The predicted molar refractivity (Wildman–Crippen MR) is 147 cm³/mol. The third-order valence-electron chi connectivity index (χ3n) is 6.84. The van der Waals surface area contributed by atoms with E-state index >= 15 is 0 Å². The van der Waals surface area contributed by atoms with Crippen LogP contribution in [-0.4, -0.2) is 27.9 Å². The van der Waals surface area contributed by atoms with Gasteiger partial charge in [0, 0.05) is 23.9 Å². The Hall–Kier alpha value is -3.25. The van der Waals surface area contributed by atoms with Gasteiger partial charge in [0.2, 0.25) is 0 Å². The molecular formula is C30H34ClNO5. The second-order valence-electron chi connectivity index (χ2n) is 10.8. The van der Waals surface area contributed by atoms with Crippen LogP contribution < -0.4 is 15.0 Å². The van der Waals surface area contributed by atoms with Gasteiger partial charge in [-0.05, 0) is 88.3 Å². The molecule has 1 aliphatic heterocycles. The lowest BCUT2D eigenvalue weighted by Crippen LogP contribution is -2.27. The largest absolute Gasteiger partial charge is 0.492 e. The first-order valence-electron chi connectivity index (χ1n) is 12.5. The summed E-state index contributed by atoms with van der Waals surface area (Å²) in [4.78, 5) is 25.7. The molecule has 4 rings (SSSR count). The van der Waals surface area contributed by atoms with Gasteiger partial charge in [-0.3, -0.25) is 9.59 Å². The van der Waals surface area contributed by atoms with E-state index in [-0.39, 0.29) is 12.0 Å². The van der Waals surface area contributed by atoms with Gasteiger partial charge < -0.3 is 19.1 Å². The van der Waals surface area contributed by atoms with Gasteiger partial charge in [-0.2, -0.15) is 0 Å². The van der Waals surface area contributed by atoms with Gasteiger partial charge in [0.05, 0.1) is 23.6 Å². The van der Waals surface area contributed by atoms with Crippen LogP contribution in [0.1, 0.15) is 55.1 Å². The molecule has 0 amide bonds. The molecule has 0 bridgehead atoms. The first kappa shape index (κ1) is 26.8. The number of pyridine rings is 1. The molecule has 0 unspecified atom stereocenters. The Morgan fingerprint density at radius 1 is 1.11 bits per heavy atom. The molecule has 1 N–H and O–H groups in total. The molecule has 0 saturated heterocycles. The lowest BCUT2D eigenvalue weighted by molar-refractivity contribution is -0.136. The number of carboxylic acid groups (broad SMARTS) is 1. The lowest BCUT2D eigenvalue weighted by atomic mass is 9.88. The van der Waals surface area contributed by atoms with E-state index < -0.39 is 11.6 Å². The van der Waals surface area contributed by atoms with Crippen LogP contribution in [0.4, 0.5) is 0 Å². The van der Waals surface area contributed by atoms with Crippen LogP contribution in [0.5, 0.6) is 11.5 Å². The summed E-state index contributed by atoms with van der Waals surface area (Å²) >= 11 is 7.07. The fourth-order valence-electron chi connectivity index (χ4n) is 4.96. The number of carboxylic acids is 1. The van der Waals surface area contributed by atoms with Crippen LogP contribution in [0.15, 0.2) is 29.1 Å². The zero-order valence-corrected chi connectivity index (χ0v) is 23.3. The summed E-state index contributed by atoms with van der Waals surface area (Å²) in [7, 11) is 1.61. The molecule has 0 radical (unpaired) electrons. The standard InChI is InChI=1S/C30H34ClNO5/c1-16-10-11-19(13-17(16)2)24-18(3)25(21(15-23(33)34)32(7)29(24)35)26-22(37-30(4,5)6)14-20-9-8-12-36-28(20)27(26)31/h10-11,13-14H,8-9,12,15H2,1-7H3,(H,33,34). The van der Waals surface area contributed by atoms with E-state index in [0.29, 0.717) is 51.1 Å². The second kappa shape index (κ2) is 9.90. The highest BCUT2D eigenvalue weighted by Crippen LogP contribution is 2.49. The summed E-state index contributed by atoms with van der Waals surface area (Å²) < 4.78 is 13.8. The number of aryl methyl sites for hydroxylation is 3. The summed E-state index contributed by atoms with van der Waals surface area (Å²) in [6, 6.07) is 7.86. The van der Waals surface area contributed by atoms with Crippen molar-refractivity contribution < 1.29 is 19.4 Å². The Balaban J connectivity index is 2.16. The Labute approximate surface area is 222 Å². The predicted octanol–water partition coefficient (Wildman–Crippen LogP) is 6.43. The van der Waals surface area contributed by atoms with E-state index in [0.717, 1.165) is 35.1 Å². The highest BCUT2D eigenvalue weighted by molar-refractivity contribution is 6.35. The maximum atomic E-state index is 13.7. The van der Waals surface area contributed by atoms with Gasteiger partial charge in [0.15, 0.2) is 0 Å². The van der Waals surface area contributed by atoms with Crippen LogP contribution in [0.3, 0.4) is 0 Å². The number of hydrogen-bond acceptors (Lipinski definition) is 4. The van der Waals surface area contributed by atoms with Crippen molar-refractivity contribution >= 4 is 17.6 Å². The highest BCUT2D eigenvalue weighted by atomic mass is 35.5. The molecule has 1 aliphatic rings. The molecule has 196 valence electrons. The topological polar surface area (TPSA) is 77.8 Å². The summed E-state index contributed by atoms with van der Waals surface area (Å²) in [5.41, 5.74) is 5.76. The Kier molecular flexibility index (Phi) is 7.17. The normalized spacial score (nSPS) is 13.2. The number of fused-ring (bicyclic) bond motifs is 1. The Morgan fingerprint density at radius 2 is 1.81 bits per heavy atom. The third-order valence-corrected chi connectivity index (χ3v) is 7.20. The minimum Gasteiger partial charge on any atom is -0.492 e. The number of carbonyl (C=O) groups is 1. The van der Waals surface area contributed by atoms with Crippen molar-refractivity contribution in [3.63, 3.8) is 0 Å². The maximum Gasteiger partial charge on any atom is 0.309 e. The molecule has 37 heavy (non-hydrogen) atoms. The van der Waals surface area contributed by atoms with Gasteiger partial charge >= 0.3 is 5.97 Å². The number of ether oxygens (including phenoxy) is 2. The van der Waals surface area contributed by atoms with Crippen LogP contribution in [0, 0.1) is 20.8 Å². The van der Waals surface area contributed by atoms with Gasteiger partial charge in [-0.1, -0.05) is 29.8 Å². The number of benzene rings is 2. The summed E-state index contributed by atoms with van der Waals surface area (Å²) in [5.74, 6) is 0.0887. The lowest BCUT2D eigenvalue weighted by Gasteiger charge is -2.29. The number of nitrogens with zero attached hydrogens (tertiary/aromatic N) is 1. The van der Waals surface area contributed by atoms with E-state index in [1.165, 1.54) is 4.57 Å². The Bertz CT molecular complexity index is 1460. The van der Waals surface area contributed by atoms with Crippen molar-refractivity contribution in [2.75, 3.05) is 6.61 Å². The van der Waals surface area contributed by atoms with Crippen LogP contribution >= 0.6 is 11.6 Å². The SMILES string of the molecule is Cc1ccc(-c2c(C)c(-c3c(OC(C)(C)C)cc4c(c3Cl)OCCC4)c(CC(=O)O)n(C)c2=O)cc1C. The molecule has 0 saturated carbocycles. The van der Waals surface area contributed by atoms with Crippen molar-refractivity contribution in [1.82, 2.24) is 4.57 Å². The van der Waals surface area contributed by atoms with Crippen molar-refractivity contribution in [2.24, 2.45) is 7.05 Å². The molecule has 2 heterocycles. The third kappa shape index (κ3) is 5.12. The van der Waals surface area contributed by atoms with Crippen LogP contribution in [-0.2, 0) is 24.7 Å². The Morgan fingerprint density at radius 3 is 2.43 bits per heavy atom. The summed E-state index contributed by atoms with van der Waals surface area (Å²) in [6.07, 6.45) is 1.33. The fourth-order valence-corrected chi connectivity index (χ4v) is 5.32. The summed E-state index contributed by atoms with van der Waals surface area (Å²) in [6.45, 7) is 12.3. The fraction of sp³-hybridized carbons (Fsp3) is 0.400. The molecule has 0 atom stereocenters. The molecule has 7 heteroatoms. The zero-order valence-electron chi connectivity index (χ0n) is 22.5. The van der Waals surface area contributed by atoms with Gasteiger partial charge in [0.25, 0.3) is 5.56 Å². The van der Waals surface area contributed by atoms with E-state index in [9.17, 15) is 14.7 Å². The minimum atomic E-state index is -1.04. The van der Waals surface area contributed by atoms with Crippen LogP contribution in [0.25, 0.3) is 22.3 Å². The first-order valence-corrected chi connectivity index (χ1v) is 12.9. The van der Waals surface area contributed by atoms with E-state index in [1.807, 2.05) is 65.8 Å². The molecule has 3 aromatic rings. The van der Waals surface area contributed by atoms with Crippen molar-refractivity contribution in [3.8, 4) is 33.8 Å². The molecule has 1 aromatic heterocycles. The second-order valence-corrected chi connectivity index (χ2v) is 11.2. The monoisotopic (exact) mass is 523 g/mol. The molecule has 0 aliphatic carbocycles. The first-order chi connectivity index (χ1) is 17.3. The number of rotatable bonds is 5. The van der Waals surface area contributed by atoms with E-state index in [1.54, 1.807) is 7.05 Å². The van der Waals surface area contributed by atoms with E-state index in [4.69, 9.17) is 21.1 Å². The van der Waals surface area contributed by atoms with Gasteiger partial charge in [0.1, 0.15) is 17.1 Å². The van der Waals surface area contributed by atoms with Gasteiger partial charge in [-0.15, -0.1) is 0 Å². The average Bonchev–Trinajstić information content (AvgIpc) is 2.80. The molecular weight excluding hydrogens is 490 g/mol.